The first-order valence-electron chi connectivity index (χ1n) is 6.66. The third-order valence-corrected chi connectivity index (χ3v) is 2.83. The Bertz CT molecular complexity index is 390. The molecule has 0 aromatic heterocycles. The Hall–Kier alpha value is -1.42. The topological polar surface area (TPSA) is 49.3 Å². The highest BCUT2D eigenvalue weighted by molar-refractivity contribution is 5.76. The number of nitrogens with one attached hydrogen (secondary N) is 1. The van der Waals surface area contributed by atoms with Crippen LogP contribution in [0.3, 0.4) is 0 Å². The van der Waals surface area contributed by atoms with Crippen molar-refractivity contribution < 1.29 is 14.3 Å². The molecule has 0 saturated carbocycles. The lowest BCUT2D eigenvalue weighted by molar-refractivity contribution is -0.121. The molecular weight excluding hydrogens is 245 g/mol. The quantitative estimate of drug-likeness (QED) is 0.796. The van der Waals surface area contributed by atoms with Crippen LogP contribution in [-0.2, 0) is 11.2 Å². The van der Waals surface area contributed by atoms with E-state index in [4.69, 9.17) is 0 Å². The van der Waals surface area contributed by atoms with E-state index in [1.165, 1.54) is 12.1 Å². The van der Waals surface area contributed by atoms with Gasteiger partial charge in [-0.05, 0) is 36.5 Å². The molecule has 3 nitrogen and oxygen atoms in total. The van der Waals surface area contributed by atoms with Gasteiger partial charge in [0.15, 0.2) is 0 Å². The van der Waals surface area contributed by atoms with E-state index in [9.17, 15) is 14.3 Å². The fraction of sp³-hybridized carbons (Fsp3) is 0.533. The Balaban J connectivity index is 2.22. The number of hydrogen-bond acceptors (Lipinski definition) is 2. The molecule has 0 aliphatic heterocycles. The summed E-state index contributed by atoms with van der Waals surface area (Å²) in [6.45, 7) is 4.35. The van der Waals surface area contributed by atoms with Crippen molar-refractivity contribution >= 4 is 5.91 Å². The Kier molecular flexibility index (Phi) is 6.50. The van der Waals surface area contributed by atoms with Crippen LogP contribution < -0.4 is 5.32 Å². The second kappa shape index (κ2) is 7.89. The smallest absolute Gasteiger partial charge is 0.220 e. The first kappa shape index (κ1) is 15.6. The molecule has 0 spiro atoms. The van der Waals surface area contributed by atoms with Crippen LogP contribution in [0.15, 0.2) is 24.3 Å². The molecule has 1 unspecified atom stereocenters. The summed E-state index contributed by atoms with van der Waals surface area (Å²) in [7, 11) is 0. The lowest BCUT2D eigenvalue weighted by Gasteiger charge is -2.13. The Labute approximate surface area is 113 Å². The number of amides is 1. The molecule has 1 amide bonds. The van der Waals surface area contributed by atoms with Crippen molar-refractivity contribution in [1.29, 1.82) is 0 Å². The van der Waals surface area contributed by atoms with Crippen LogP contribution in [0.5, 0.6) is 0 Å². The molecule has 0 aliphatic carbocycles. The van der Waals surface area contributed by atoms with Crippen molar-refractivity contribution in [3.63, 3.8) is 0 Å². The Morgan fingerprint density at radius 2 is 1.95 bits per heavy atom. The summed E-state index contributed by atoms with van der Waals surface area (Å²) in [6, 6.07) is 6.13. The molecule has 0 bridgehead atoms. The highest BCUT2D eigenvalue weighted by Gasteiger charge is 2.09. The van der Waals surface area contributed by atoms with E-state index in [2.05, 4.69) is 5.32 Å². The van der Waals surface area contributed by atoms with Crippen molar-refractivity contribution in [2.75, 3.05) is 6.54 Å². The molecule has 0 saturated heterocycles. The number of carbonyl (C=O) groups excluding carboxylic acids is 1. The summed E-state index contributed by atoms with van der Waals surface area (Å²) in [6.07, 6.45) is 1.11. The summed E-state index contributed by atoms with van der Waals surface area (Å²) in [5.41, 5.74) is 0.930. The molecule has 1 aromatic rings. The van der Waals surface area contributed by atoms with Crippen LogP contribution >= 0.6 is 0 Å². The van der Waals surface area contributed by atoms with E-state index in [0.717, 1.165) is 5.56 Å². The van der Waals surface area contributed by atoms with Crippen LogP contribution in [0.2, 0.25) is 0 Å². The minimum atomic E-state index is -0.491. The number of rotatable bonds is 7. The van der Waals surface area contributed by atoms with Gasteiger partial charge in [0.1, 0.15) is 5.82 Å². The second-order valence-electron chi connectivity index (χ2n) is 5.21. The monoisotopic (exact) mass is 267 g/mol. The molecule has 1 rings (SSSR count). The van der Waals surface area contributed by atoms with Gasteiger partial charge in [0.25, 0.3) is 0 Å². The molecule has 0 radical (unpaired) electrons. The van der Waals surface area contributed by atoms with Gasteiger partial charge in [-0.25, -0.2) is 4.39 Å². The maximum atomic E-state index is 12.7. The van der Waals surface area contributed by atoms with Crippen molar-refractivity contribution in [3.8, 4) is 0 Å². The van der Waals surface area contributed by atoms with E-state index in [1.807, 2.05) is 13.8 Å². The lowest BCUT2D eigenvalue weighted by Crippen LogP contribution is -2.32. The molecule has 2 N–H and O–H groups in total. The molecule has 1 atom stereocenters. The first-order chi connectivity index (χ1) is 8.97. The van der Waals surface area contributed by atoms with Crippen LogP contribution in [0.4, 0.5) is 4.39 Å². The minimum absolute atomic E-state index is 0.0906. The maximum Gasteiger partial charge on any atom is 0.220 e. The largest absolute Gasteiger partial charge is 0.391 e. The standard InChI is InChI=1S/C15H22FNO2/c1-11(2)9-14(18)10-17-15(19)8-5-12-3-6-13(16)7-4-12/h3-4,6-7,11,14,18H,5,8-10H2,1-2H3,(H,17,19). The number of carbonyl (C=O) groups is 1. The second-order valence-corrected chi connectivity index (χ2v) is 5.21. The number of aliphatic hydroxyl groups excluding tert-OH is 1. The van der Waals surface area contributed by atoms with Gasteiger partial charge in [-0.3, -0.25) is 4.79 Å². The zero-order valence-electron chi connectivity index (χ0n) is 11.5. The minimum Gasteiger partial charge on any atom is -0.391 e. The average Bonchev–Trinajstić information content (AvgIpc) is 2.35. The van der Waals surface area contributed by atoms with Gasteiger partial charge in [0.2, 0.25) is 5.91 Å². The molecule has 0 heterocycles. The van der Waals surface area contributed by atoms with E-state index in [0.29, 0.717) is 31.7 Å². The van der Waals surface area contributed by atoms with Gasteiger partial charge in [-0.15, -0.1) is 0 Å². The summed E-state index contributed by atoms with van der Waals surface area (Å²) in [4.78, 5) is 11.6. The Morgan fingerprint density at radius 3 is 2.53 bits per heavy atom. The third-order valence-electron chi connectivity index (χ3n) is 2.83. The highest BCUT2D eigenvalue weighted by atomic mass is 19.1. The lowest BCUT2D eigenvalue weighted by atomic mass is 10.1. The van der Waals surface area contributed by atoms with Gasteiger partial charge in [0, 0.05) is 13.0 Å². The van der Waals surface area contributed by atoms with E-state index in [1.54, 1.807) is 12.1 Å². The fourth-order valence-corrected chi connectivity index (χ4v) is 1.86. The molecule has 19 heavy (non-hydrogen) atoms. The zero-order chi connectivity index (χ0) is 14.3. The average molecular weight is 267 g/mol. The fourth-order valence-electron chi connectivity index (χ4n) is 1.86. The predicted molar refractivity (Wildman–Crippen MR) is 73.2 cm³/mol. The van der Waals surface area contributed by atoms with Crippen molar-refractivity contribution in [2.45, 2.75) is 39.2 Å². The van der Waals surface area contributed by atoms with Gasteiger partial charge in [-0.1, -0.05) is 26.0 Å². The number of benzene rings is 1. The Morgan fingerprint density at radius 1 is 1.32 bits per heavy atom. The molecule has 4 heteroatoms. The van der Waals surface area contributed by atoms with Gasteiger partial charge >= 0.3 is 0 Å². The van der Waals surface area contributed by atoms with E-state index < -0.39 is 6.10 Å². The SMILES string of the molecule is CC(C)CC(O)CNC(=O)CCc1ccc(F)cc1. The van der Waals surface area contributed by atoms with Gasteiger partial charge in [-0.2, -0.15) is 0 Å². The summed E-state index contributed by atoms with van der Waals surface area (Å²) in [5.74, 6) is 0.0447. The summed E-state index contributed by atoms with van der Waals surface area (Å²) < 4.78 is 12.7. The zero-order valence-corrected chi connectivity index (χ0v) is 11.5. The normalized spacial score (nSPS) is 12.5. The van der Waals surface area contributed by atoms with Crippen LogP contribution in [0.25, 0.3) is 0 Å². The number of hydrogen-bond donors (Lipinski definition) is 2. The molecule has 0 aliphatic rings. The number of aliphatic hydroxyl groups is 1. The van der Waals surface area contributed by atoms with Gasteiger partial charge in [0.05, 0.1) is 6.10 Å². The van der Waals surface area contributed by atoms with Crippen LogP contribution in [0, 0.1) is 11.7 Å². The number of aryl methyl sites for hydroxylation is 1. The van der Waals surface area contributed by atoms with Gasteiger partial charge < -0.3 is 10.4 Å². The first-order valence-corrected chi connectivity index (χ1v) is 6.66. The molecular formula is C15H22FNO2. The maximum absolute atomic E-state index is 12.7. The van der Waals surface area contributed by atoms with Crippen LogP contribution in [-0.4, -0.2) is 23.7 Å². The predicted octanol–water partition coefficient (Wildman–Crippen LogP) is 2.28. The molecule has 0 fully saturated rings. The molecule has 106 valence electrons. The summed E-state index contributed by atoms with van der Waals surface area (Å²) in [5, 5.41) is 12.3. The summed E-state index contributed by atoms with van der Waals surface area (Å²) >= 11 is 0. The van der Waals surface area contributed by atoms with Crippen molar-refractivity contribution in [2.24, 2.45) is 5.92 Å². The number of halogens is 1. The third kappa shape index (κ3) is 6.91. The highest BCUT2D eigenvalue weighted by Crippen LogP contribution is 2.06. The van der Waals surface area contributed by atoms with Crippen molar-refractivity contribution in [3.05, 3.63) is 35.6 Å². The van der Waals surface area contributed by atoms with E-state index in [-0.39, 0.29) is 11.7 Å². The van der Waals surface area contributed by atoms with E-state index >= 15 is 0 Å². The van der Waals surface area contributed by atoms with Crippen molar-refractivity contribution in [1.82, 2.24) is 5.32 Å². The molecule has 1 aromatic carbocycles. The van der Waals surface area contributed by atoms with Crippen LogP contribution in [0.1, 0.15) is 32.3 Å².